The van der Waals surface area contributed by atoms with Crippen LogP contribution in [0.5, 0.6) is 0 Å². The molecule has 1 atom stereocenters. The fraction of sp³-hybridized carbons (Fsp3) is 0.623. The van der Waals surface area contributed by atoms with Crippen LogP contribution < -0.4 is 0 Å². The van der Waals surface area contributed by atoms with Gasteiger partial charge in [-0.3, -0.25) is 14.4 Å². The van der Waals surface area contributed by atoms with Crippen LogP contribution in [-0.2, 0) is 28.6 Å². The summed E-state index contributed by atoms with van der Waals surface area (Å²) in [6.45, 7) is 6.34. The Morgan fingerprint density at radius 1 is 0.253 bits per heavy atom. The van der Waals surface area contributed by atoms with Gasteiger partial charge in [-0.25, -0.2) is 0 Å². The van der Waals surface area contributed by atoms with E-state index < -0.39 is 12.1 Å². The molecule has 0 N–H and O–H groups in total. The van der Waals surface area contributed by atoms with E-state index in [1.165, 1.54) is 116 Å². The van der Waals surface area contributed by atoms with Crippen molar-refractivity contribution in [3.8, 4) is 0 Å². The first kappa shape index (κ1) is 78.0. The molecule has 0 saturated carbocycles. The van der Waals surface area contributed by atoms with Gasteiger partial charge in [0.05, 0.1) is 0 Å². The molecule has 0 spiro atoms. The minimum atomic E-state index is -0.835. The van der Waals surface area contributed by atoms with E-state index >= 15 is 0 Å². The summed E-state index contributed by atoms with van der Waals surface area (Å²) >= 11 is 0. The van der Waals surface area contributed by atoms with Crippen LogP contribution in [0.15, 0.2) is 158 Å². The average Bonchev–Trinajstić information content (AvgIpc) is 3.50. The van der Waals surface area contributed by atoms with Gasteiger partial charge in [-0.2, -0.15) is 0 Å². The lowest BCUT2D eigenvalue weighted by atomic mass is 10.0. The number of rotatable bonds is 60. The zero-order chi connectivity index (χ0) is 59.9. The topological polar surface area (TPSA) is 78.9 Å². The van der Waals surface area contributed by atoms with E-state index in [9.17, 15) is 14.4 Å². The molecule has 0 aliphatic heterocycles. The molecule has 0 heterocycles. The van der Waals surface area contributed by atoms with Gasteiger partial charge in [-0.1, -0.05) is 294 Å². The Bertz CT molecular complexity index is 1840. The summed E-state index contributed by atoms with van der Waals surface area (Å²) < 4.78 is 16.9. The third kappa shape index (κ3) is 67.7. The molecule has 6 heteroatoms. The lowest BCUT2D eigenvalue weighted by Crippen LogP contribution is -2.30. The van der Waals surface area contributed by atoms with Crippen LogP contribution in [0.1, 0.15) is 290 Å². The number of carbonyl (C=O) groups excluding carboxylic acids is 3. The summed E-state index contributed by atoms with van der Waals surface area (Å²) in [7, 11) is 0. The normalized spacial score (nSPS) is 13.1. The molecule has 0 rings (SSSR count). The molecule has 0 saturated heterocycles. The molecular formula is C77H124O6. The minimum Gasteiger partial charge on any atom is -0.462 e. The highest BCUT2D eigenvalue weighted by atomic mass is 16.6. The monoisotopic (exact) mass is 1140 g/mol. The zero-order valence-corrected chi connectivity index (χ0v) is 53.7. The van der Waals surface area contributed by atoms with Crippen molar-refractivity contribution >= 4 is 17.9 Å². The fourth-order valence-corrected chi connectivity index (χ4v) is 9.00. The first-order valence-electron chi connectivity index (χ1n) is 34.0. The fourth-order valence-electron chi connectivity index (χ4n) is 9.00. The van der Waals surface area contributed by atoms with Crippen molar-refractivity contribution in [2.75, 3.05) is 13.2 Å². The maximum atomic E-state index is 12.9. The Hall–Kier alpha value is -4.97. The number of hydrogen-bond acceptors (Lipinski definition) is 6. The summed E-state index contributed by atoms with van der Waals surface area (Å²) in [5.74, 6) is -1.02. The molecule has 0 aliphatic rings. The molecule has 0 aliphatic carbocycles. The summed E-state index contributed by atoms with van der Waals surface area (Å²) in [4.78, 5) is 38.4. The second kappa shape index (κ2) is 69.5. The van der Waals surface area contributed by atoms with Crippen LogP contribution in [0.4, 0.5) is 0 Å². The average molecular weight is 1150 g/mol. The van der Waals surface area contributed by atoms with Gasteiger partial charge >= 0.3 is 17.9 Å². The second-order valence-corrected chi connectivity index (χ2v) is 22.0. The number of ether oxygens (including phenoxy) is 3. The molecule has 0 aromatic heterocycles. The molecule has 83 heavy (non-hydrogen) atoms. The van der Waals surface area contributed by atoms with Crippen LogP contribution in [0, 0.1) is 0 Å². The lowest BCUT2D eigenvalue weighted by Gasteiger charge is -2.18. The van der Waals surface area contributed by atoms with E-state index in [4.69, 9.17) is 14.2 Å². The van der Waals surface area contributed by atoms with Crippen molar-refractivity contribution < 1.29 is 28.6 Å². The van der Waals surface area contributed by atoms with Crippen molar-refractivity contribution in [3.05, 3.63) is 158 Å². The van der Waals surface area contributed by atoms with E-state index in [-0.39, 0.29) is 31.6 Å². The van der Waals surface area contributed by atoms with E-state index in [0.29, 0.717) is 19.3 Å². The van der Waals surface area contributed by atoms with Gasteiger partial charge in [0.2, 0.25) is 0 Å². The molecule has 0 radical (unpaired) electrons. The Labute approximate surface area is 511 Å². The van der Waals surface area contributed by atoms with Crippen LogP contribution in [-0.4, -0.2) is 37.2 Å². The number of allylic oxidation sites excluding steroid dienone is 26. The summed E-state index contributed by atoms with van der Waals surface area (Å²) in [5.41, 5.74) is 0. The second-order valence-electron chi connectivity index (χ2n) is 22.0. The molecule has 1 unspecified atom stereocenters. The number of carbonyl (C=O) groups is 3. The molecular weight excluding hydrogens is 1020 g/mol. The maximum absolute atomic E-state index is 12.9. The quantitative estimate of drug-likeness (QED) is 0.0261. The predicted molar refractivity (Wildman–Crippen MR) is 362 cm³/mol. The Morgan fingerprint density at radius 2 is 0.494 bits per heavy atom. The van der Waals surface area contributed by atoms with Crippen LogP contribution in [0.25, 0.3) is 0 Å². The highest BCUT2D eigenvalue weighted by molar-refractivity contribution is 5.71. The minimum absolute atomic E-state index is 0.120. The van der Waals surface area contributed by atoms with Gasteiger partial charge in [0, 0.05) is 19.3 Å². The van der Waals surface area contributed by atoms with Crippen molar-refractivity contribution in [2.45, 2.75) is 297 Å². The first-order valence-corrected chi connectivity index (χ1v) is 34.0. The van der Waals surface area contributed by atoms with Gasteiger partial charge in [-0.05, 0) is 135 Å². The Balaban J connectivity index is 4.47. The van der Waals surface area contributed by atoms with Crippen molar-refractivity contribution in [1.29, 1.82) is 0 Å². The molecule has 0 bridgehead atoms. The number of unbranched alkanes of at least 4 members (excludes halogenated alkanes) is 23. The van der Waals surface area contributed by atoms with E-state index in [1.54, 1.807) is 0 Å². The lowest BCUT2D eigenvalue weighted by molar-refractivity contribution is -0.166. The predicted octanol–water partition coefficient (Wildman–Crippen LogP) is 23.7. The highest BCUT2D eigenvalue weighted by Gasteiger charge is 2.19. The number of hydrogen-bond donors (Lipinski definition) is 0. The molecule has 468 valence electrons. The summed E-state index contributed by atoms with van der Waals surface area (Å²) in [6, 6.07) is 0. The molecule has 6 nitrogen and oxygen atoms in total. The largest absolute Gasteiger partial charge is 0.462 e. The number of esters is 3. The maximum Gasteiger partial charge on any atom is 0.306 e. The van der Waals surface area contributed by atoms with Crippen LogP contribution in [0.3, 0.4) is 0 Å². The molecule has 0 fully saturated rings. The molecule has 0 amide bonds. The van der Waals surface area contributed by atoms with Gasteiger partial charge < -0.3 is 14.2 Å². The third-order valence-electron chi connectivity index (χ3n) is 14.0. The Kier molecular flexibility index (Phi) is 65.4. The van der Waals surface area contributed by atoms with E-state index in [2.05, 4.69) is 173 Å². The smallest absolute Gasteiger partial charge is 0.306 e. The van der Waals surface area contributed by atoms with Gasteiger partial charge in [-0.15, -0.1) is 0 Å². The SMILES string of the molecule is CC/C=C\C/C=C\C/C=C\C/C=C\C/C=C\C/C=C\CCC(=O)OC(COC(=O)CCCCCCCC/C=C\C/C=C\C/C=C\C/C=C\CC)COC(=O)CCCCCCCCCCCCCC/C=C\C/C=C\C/C=C\CCCCCCC. The van der Waals surface area contributed by atoms with Crippen molar-refractivity contribution in [3.63, 3.8) is 0 Å². The van der Waals surface area contributed by atoms with Crippen molar-refractivity contribution in [2.24, 2.45) is 0 Å². The Morgan fingerprint density at radius 3 is 0.783 bits per heavy atom. The molecule has 0 aromatic rings. The van der Waals surface area contributed by atoms with Crippen LogP contribution >= 0.6 is 0 Å². The van der Waals surface area contributed by atoms with Crippen LogP contribution in [0.2, 0.25) is 0 Å². The zero-order valence-electron chi connectivity index (χ0n) is 53.7. The summed E-state index contributed by atoms with van der Waals surface area (Å²) in [6.07, 6.45) is 101. The standard InChI is InChI=1S/C77H124O6/c1-4-7-10-13-16-19-22-25-28-31-34-35-36-37-38-39-40-41-44-46-49-52-55-58-61-64-67-70-76(79)82-73-74(83-77(80)71-68-65-62-59-56-53-50-47-43-33-30-27-24-21-18-15-12-9-6-3)72-81-75(78)69-66-63-60-57-54-51-48-45-42-32-29-26-23-20-17-14-11-8-5-2/h8-9,11-12,17-18,20-22,25-27,29-31,34,36-37,42-43,45,47,53,56,62,65,74H,4-7,10,13-16,19,23-24,28,32-33,35,38-41,44,46,48-52,54-55,57-61,63-64,66-73H2,1-3H3/b11-8-,12-9-,20-17-,21-18-,25-22-,29-26-,30-27-,34-31-,37-36-,45-42-,47-43-,56-53-,65-62-. The first-order chi connectivity index (χ1) is 41.0. The third-order valence-corrected chi connectivity index (χ3v) is 14.0. The van der Waals surface area contributed by atoms with Gasteiger partial charge in [0.25, 0.3) is 0 Å². The van der Waals surface area contributed by atoms with Gasteiger partial charge in [0.1, 0.15) is 13.2 Å². The highest BCUT2D eigenvalue weighted by Crippen LogP contribution is 2.15. The van der Waals surface area contributed by atoms with Crippen molar-refractivity contribution in [1.82, 2.24) is 0 Å². The van der Waals surface area contributed by atoms with Gasteiger partial charge in [0.15, 0.2) is 6.10 Å². The van der Waals surface area contributed by atoms with E-state index in [1.807, 2.05) is 6.08 Å². The molecule has 0 aromatic carbocycles. The summed E-state index contributed by atoms with van der Waals surface area (Å²) in [5, 5.41) is 0. The van der Waals surface area contributed by atoms with E-state index in [0.717, 1.165) is 128 Å².